The number of thiophene rings is 1. The third-order valence-electron chi connectivity index (χ3n) is 5.99. The van der Waals surface area contributed by atoms with Crippen molar-refractivity contribution in [2.45, 2.75) is 51.7 Å². The SMILES string of the molecule is CC(=O)N(Cc1ccsc1)C1CC12CCN(C(=O)CCn1cncn1)CC2. The maximum Gasteiger partial charge on any atom is 0.224 e. The number of rotatable bonds is 6. The molecule has 0 bridgehead atoms. The molecule has 0 radical (unpaired) electrons. The van der Waals surface area contributed by atoms with E-state index in [1.807, 2.05) is 9.80 Å². The molecule has 1 spiro atoms. The van der Waals surface area contributed by atoms with Gasteiger partial charge in [0.05, 0.1) is 6.54 Å². The highest BCUT2D eigenvalue weighted by Crippen LogP contribution is 2.57. The van der Waals surface area contributed by atoms with Crippen LogP contribution in [0.15, 0.2) is 29.5 Å². The van der Waals surface area contributed by atoms with E-state index in [4.69, 9.17) is 0 Å². The minimum Gasteiger partial charge on any atom is -0.343 e. The monoisotopic (exact) mass is 387 g/mol. The highest BCUT2D eigenvalue weighted by Gasteiger charge is 2.58. The molecule has 2 amide bonds. The smallest absolute Gasteiger partial charge is 0.224 e. The normalized spacial score (nSPS) is 20.6. The van der Waals surface area contributed by atoms with Gasteiger partial charge < -0.3 is 9.80 Å². The van der Waals surface area contributed by atoms with Crippen LogP contribution in [0.1, 0.15) is 38.2 Å². The van der Waals surface area contributed by atoms with Gasteiger partial charge >= 0.3 is 0 Å². The Morgan fingerprint density at radius 3 is 2.81 bits per heavy atom. The van der Waals surface area contributed by atoms with Crippen molar-refractivity contribution in [1.29, 1.82) is 0 Å². The van der Waals surface area contributed by atoms with Gasteiger partial charge in [0.15, 0.2) is 0 Å². The van der Waals surface area contributed by atoms with Crippen molar-refractivity contribution < 1.29 is 9.59 Å². The third-order valence-corrected chi connectivity index (χ3v) is 6.73. The molecule has 0 N–H and O–H groups in total. The lowest BCUT2D eigenvalue weighted by molar-refractivity contribution is -0.134. The van der Waals surface area contributed by atoms with Crippen molar-refractivity contribution in [3.8, 4) is 0 Å². The number of aromatic nitrogens is 3. The highest BCUT2D eigenvalue weighted by atomic mass is 32.1. The van der Waals surface area contributed by atoms with Crippen molar-refractivity contribution in [3.05, 3.63) is 35.0 Å². The second-order valence-corrected chi connectivity index (χ2v) is 8.43. The maximum absolute atomic E-state index is 12.5. The molecule has 2 fully saturated rings. The summed E-state index contributed by atoms with van der Waals surface area (Å²) in [5.74, 6) is 0.327. The summed E-state index contributed by atoms with van der Waals surface area (Å²) in [5, 5.41) is 8.21. The summed E-state index contributed by atoms with van der Waals surface area (Å²) in [6.07, 6.45) is 6.62. The van der Waals surface area contributed by atoms with Gasteiger partial charge in [0.25, 0.3) is 0 Å². The van der Waals surface area contributed by atoms with Gasteiger partial charge in [-0.1, -0.05) is 0 Å². The Hall–Kier alpha value is -2.22. The Bertz CT molecular complexity index is 781. The van der Waals surface area contributed by atoms with Crippen LogP contribution < -0.4 is 0 Å². The quantitative estimate of drug-likeness (QED) is 0.762. The van der Waals surface area contributed by atoms with E-state index in [-0.39, 0.29) is 17.2 Å². The van der Waals surface area contributed by atoms with Gasteiger partial charge in [-0.25, -0.2) is 4.98 Å². The summed E-state index contributed by atoms with van der Waals surface area (Å²) in [7, 11) is 0. The third kappa shape index (κ3) is 3.90. The average Bonchev–Trinajstić information content (AvgIpc) is 3.08. The van der Waals surface area contributed by atoms with E-state index in [2.05, 4.69) is 26.9 Å². The van der Waals surface area contributed by atoms with Crippen LogP contribution in [-0.2, 0) is 22.7 Å². The Kier molecular flexibility index (Phi) is 4.99. The fraction of sp³-hybridized carbons (Fsp3) is 0.579. The molecule has 4 rings (SSSR count). The molecule has 1 aliphatic heterocycles. The van der Waals surface area contributed by atoms with E-state index in [0.717, 1.165) is 32.4 Å². The zero-order valence-electron chi connectivity index (χ0n) is 15.6. The van der Waals surface area contributed by atoms with E-state index < -0.39 is 0 Å². The zero-order chi connectivity index (χ0) is 18.9. The van der Waals surface area contributed by atoms with Crippen molar-refractivity contribution >= 4 is 23.2 Å². The molecule has 2 aromatic rings. The number of piperidine rings is 1. The van der Waals surface area contributed by atoms with Crippen LogP contribution in [0.5, 0.6) is 0 Å². The maximum atomic E-state index is 12.5. The van der Waals surface area contributed by atoms with Gasteiger partial charge in [0.1, 0.15) is 12.7 Å². The summed E-state index contributed by atoms with van der Waals surface area (Å²) in [6.45, 7) is 4.52. The van der Waals surface area contributed by atoms with Crippen molar-refractivity contribution in [2.24, 2.45) is 5.41 Å². The first-order valence-electron chi connectivity index (χ1n) is 9.46. The molecule has 1 saturated heterocycles. The number of amides is 2. The Morgan fingerprint density at radius 2 is 2.19 bits per heavy atom. The number of hydrogen-bond acceptors (Lipinski definition) is 5. The number of carbonyl (C=O) groups is 2. The minimum absolute atomic E-state index is 0.148. The van der Waals surface area contributed by atoms with Crippen LogP contribution in [0.2, 0.25) is 0 Å². The lowest BCUT2D eigenvalue weighted by atomic mass is 9.92. The topological polar surface area (TPSA) is 71.3 Å². The number of nitrogens with zero attached hydrogens (tertiary/aromatic N) is 5. The predicted octanol–water partition coefficient (Wildman–Crippen LogP) is 2.16. The van der Waals surface area contributed by atoms with Crippen LogP contribution in [0.4, 0.5) is 0 Å². The molecule has 7 nitrogen and oxygen atoms in total. The second-order valence-electron chi connectivity index (χ2n) is 7.65. The summed E-state index contributed by atoms with van der Waals surface area (Å²) < 4.78 is 1.69. The van der Waals surface area contributed by atoms with E-state index >= 15 is 0 Å². The zero-order valence-corrected chi connectivity index (χ0v) is 16.4. The lowest BCUT2D eigenvalue weighted by Gasteiger charge is -2.34. The molecule has 144 valence electrons. The Labute approximate surface area is 163 Å². The van der Waals surface area contributed by atoms with E-state index in [1.54, 1.807) is 29.3 Å². The van der Waals surface area contributed by atoms with Gasteiger partial charge in [0, 0.05) is 39.0 Å². The van der Waals surface area contributed by atoms with Crippen molar-refractivity contribution in [1.82, 2.24) is 24.6 Å². The number of aryl methyl sites for hydroxylation is 1. The molecule has 1 aliphatic carbocycles. The van der Waals surface area contributed by atoms with Crippen LogP contribution >= 0.6 is 11.3 Å². The Morgan fingerprint density at radius 1 is 1.37 bits per heavy atom. The fourth-order valence-corrected chi connectivity index (χ4v) is 4.90. The summed E-state index contributed by atoms with van der Waals surface area (Å²) in [6, 6.07) is 2.41. The molecule has 0 aromatic carbocycles. The van der Waals surface area contributed by atoms with Gasteiger partial charge in [-0.3, -0.25) is 14.3 Å². The average molecular weight is 388 g/mol. The van der Waals surface area contributed by atoms with Gasteiger partial charge in [-0.15, -0.1) is 0 Å². The van der Waals surface area contributed by atoms with Crippen LogP contribution in [0.3, 0.4) is 0 Å². The summed E-state index contributed by atoms with van der Waals surface area (Å²) >= 11 is 1.67. The highest BCUT2D eigenvalue weighted by molar-refractivity contribution is 7.07. The Balaban J connectivity index is 1.29. The van der Waals surface area contributed by atoms with Crippen LogP contribution in [0, 0.1) is 5.41 Å². The molecule has 2 aliphatic rings. The second kappa shape index (κ2) is 7.42. The molecule has 27 heavy (non-hydrogen) atoms. The van der Waals surface area contributed by atoms with Gasteiger partial charge in [-0.2, -0.15) is 16.4 Å². The van der Waals surface area contributed by atoms with Crippen LogP contribution in [-0.4, -0.2) is 55.5 Å². The molecule has 3 heterocycles. The number of likely N-dealkylation sites (tertiary alicyclic amines) is 1. The standard InChI is InChI=1S/C19H25N5O2S/c1-15(25)24(11-16-3-9-27-12-16)17-10-19(17)4-7-22(8-5-19)18(26)2-6-23-14-20-13-21-23/h3,9,12-14,17H,2,4-8,10-11H2,1H3. The van der Waals surface area contributed by atoms with E-state index in [1.165, 1.54) is 11.9 Å². The first-order valence-corrected chi connectivity index (χ1v) is 10.4. The first kappa shape index (κ1) is 18.2. The fourth-order valence-electron chi connectivity index (χ4n) is 4.24. The number of carbonyl (C=O) groups excluding carboxylic acids is 2. The first-order chi connectivity index (χ1) is 13.1. The van der Waals surface area contributed by atoms with Gasteiger partial charge in [0.2, 0.25) is 11.8 Å². The molecule has 2 aromatic heterocycles. The van der Waals surface area contributed by atoms with E-state index in [9.17, 15) is 9.59 Å². The lowest BCUT2D eigenvalue weighted by Crippen LogP contribution is -2.42. The largest absolute Gasteiger partial charge is 0.343 e. The minimum atomic E-state index is 0.148. The molecule has 1 atom stereocenters. The molecular formula is C19H25N5O2S. The summed E-state index contributed by atoms with van der Waals surface area (Å²) in [4.78, 5) is 32.6. The van der Waals surface area contributed by atoms with Crippen molar-refractivity contribution in [3.63, 3.8) is 0 Å². The number of hydrogen-bond donors (Lipinski definition) is 0. The summed E-state index contributed by atoms with van der Waals surface area (Å²) in [5.41, 5.74) is 1.42. The molecule has 8 heteroatoms. The predicted molar refractivity (Wildman–Crippen MR) is 102 cm³/mol. The van der Waals surface area contributed by atoms with E-state index in [0.29, 0.717) is 25.6 Å². The molecule has 1 saturated carbocycles. The molecular weight excluding hydrogens is 362 g/mol. The van der Waals surface area contributed by atoms with Gasteiger partial charge in [-0.05, 0) is 47.1 Å². The molecule has 1 unspecified atom stereocenters. The van der Waals surface area contributed by atoms with Crippen molar-refractivity contribution in [2.75, 3.05) is 13.1 Å². The van der Waals surface area contributed by atoms with Crippen LogP contribution in [0.25, 0.3) is 0 Å².